The Kier molecular flexibility index (Phi) is 7.17. The van der Waals surface area contributed by atoms with E-state index in [-0.39, 0.29) is 24.6 Å². The summed E-state index contributed by atoms with van der Waals surface area (Å²) in [6, 6.07) is 14.6. The zero-order valence-electron chi connectivity index (χ0n) is 18.0. The van der Waals surface area contributed by atoms with Crippen LogP contribution in [0.1, 0.15) is 27.2 Å². The number of ether oxygens (including phenoxy) is 2. The molecule has 2 aromatic carbocycles. The largest absolute Gasteiger partial charge is 0.493 e. The highest BCUT2D eigenvalue weighted by atomic mass is 32.2. The summed E-state index contributed by atoms with van der Waals surface area (Å²) in [5.74, 6) is 0.808. The molecule has 0 spiro atoms. The van der Waals surface area contributed by atoms with Crippen LogP contribution in [0.25, 0.3) is 16.6 Å². The Morgan fingerprint density at radius 2 is 1.94 bits per heavy atom. The lowest BCUT2D eigenvalue weighted by molar-refractivity contribution is -0.155. The number of benzene rings is 2. The van der Waals surface area contributed by atoms with E-state index in [4.69, 9.17) is 9.47 Å². The summed E-state index contributed by atoms with van der Waals surface area (Å²) < 4.78 is 12.6. The van der Waals surface area contributed by atoms with Gasteiger partial charge < -0.3 is 9.47 Å². The zero-order valence-corrected chi connectivity index (χ0v) is 18.8. The molecule has 1 heterocycles. The summed E-state index contributed by atoms with van der Waals surface area (Å²) in [6.45, 7) is 9.37. The molecule has 0 saturated carbocycles. The summed E-state index contributed by atoms with van der Waals surface area (Å²) in [7, 11) is 0. The van der Waals surface area contributed by atoms with Crippen molar-refractivity contribution in [2.75, 3.05) is 12.4 Å². The van der Waals surface area contributed by atoms with E-state index in [0.29, 0.717) is 27.6 Å². The number of para-hydroxylation sites is 1. The molecule has 0 bridgehead atoms. The Labute approximate surface area is 185 Å². The number of esters is 1. The minimum absolute atomic E-state index is 0.124. The molecule has 0 saturated heterocycles. The molecule has 0 aliphatic rings. The van der Waals surface area contributed by atoms with Crippen LogP contribution in [0.5, 0.6) is 5.75 Å². The minimum atomic E-state index is -0.532. The molecule has 162 valence electrons. The lowest BCUT2D eigenvalue weighted by Gasteiger charge is -2.19. The van der Waals surface area contributed by atoms with Crippen molar-refractivity contribution in [3.63, 3.8) is 0 Å². The monoisotopic (exact) mass is 438 g/mol. The average Bonchev–Trinajstić information content (AvgIpc) is 2.72. The van der Waals surface area contributed by atoms with Gasteiger partial charge in [-0.2, -0.15) is 0 Å². The number of thioether (sulfide) groups is 1. The van der Waals surface area contributed by atoms with Gasteiger partial charge in [0.25, 0.3) is 5.56 Å². The molecule has 0 radical (unpaired) electrons. The lowest BCUT2D eigenvalue weighted by Crippen LogP contribution is -2.24. The van der Waals surface area contributed by atoms with Crippen molar-refractivity contribution in [2.24, 2.45) is 0 Å². The number of nitrogens with zero attached hydrogens (tertiary/aromatic N) is 2. The standard InChI is InChI=1S/C24H26N2O4S/c1-5-15-31-23-25-20-12-11-18(29-14-13-21(27)30-24(2,3)4)16-19(20)22(28)26(23)17-9-7-6-8-10-17/h5-12,16H,1,13-15H2,2-4H3. The van der Waals surface area contributed by atoms with Crippen LogP contribution in [0, 0.1) is 0 Å². The second-order valence-corrected chi connectivity index (χ2v) is 8.82. The van der Waals surface area contributed by atoms with Crippen molar-refractivity contribution >= 4 is 28.6 Å². The number of rotatable bonds is 8. The fourth-order valence-corrected chi connectivity index (χ4v) is 3.66. The van der Waals surface area contributed by atoms with Gasteiger partial charge in [-0.05, 0) is 51.1 Å². The number of fused-ring (bicyclic) bond motifs is 1. The van der Waals surface area contributed by atoms with Gasteiger partial charge in [-0.25, -0.2) is 4.98 Å². The van der Waals surface area contributed by atoms with E-state index in [1.54, 1.807) is 28.8 Å². The van der Waals surface area contributed by atoms with Crippen molar-refractivity contribution < 1.29 is 14.3 Å². The van der Waals surface area contributed by atoms with Gasteiger partial charge in [0, 0.05) is 5.75 Å². The molecule has 6 nitrogen and oxygen atoms in total. The number of carbonyl (C=O) groups is 1. The third-order valence-corrected chi connectivity index (χ3v) is 5.08. The van der Waals surface area contributed by atoms with Gasteiger partial charge in [0.2, 0.25) is 0 Å². The molecule has 0 aliphatic carbocycles. The van der Waals surface area contributed by atoms with Gasteiger partial charge in [-0.15, -0.1) is 6.58 Å². The van der Waals surface area contributed by atoms with Gasteiger partial charge in [0.1, 0.15) is 11.4 Å². The fraction of sp³-hybridized carbons (Fsp3) is 0.292. The van der Waals surface area contributed by atoms with Gasteiger partial charge >= 0.3 is 5.97 Å². The first-order valence-corrected chi connectivity index (χ1v) is 11.0. The zero-order chi connectivity index (χ0) is 22.4. The SMILES string of the molecule is C=CCSc1nc2ccc(OCCC(=O)OC(C)(C)C)cc2c(=O)n1-c1ccccc1. The lowest BCUT2D eigenvalue weighted by atomic mass is 10.2. The van der Waals surface area contributed by atoms with E-state index >= 15 is 0 Å². The third-order valence-electron chi connectivity index (χ3n) is 4.15. The first-order valence-electron chi connectivity index (χ1n) is 9.99. The molecule has 31 heavy (non-hydrogen) atoms. The summed E-state index contributed by atoms with van der Waals surface area (Å²) in [6.07, 6.45) is 1.90. The summed E-state index contributed by atoms with van der Waals surface area (Å²) >= 11 is 1.45. The van der Waals surface area contributed by atoms with E-state index in [9.17, 15) is 9.59 Å². The Balaban J connectivity index is 1.90. The predicted molar refractivity (Wildman–Crippen MR) is 124 cm³/mol. The van der Waals surface area contributed by atoms with Crippen LogP contribution in [-0.4, -0.2) is 33.5 Å². The number of carbonyl (C=O) groups excluding carboxylic acids is 1. The summed E-state index contributed by atoms with van der Waals surface area (Å²) in [4.78, 5) is 29.9. The van der Waals surface area contributed by atoms with Gasteiger partial charge in [0.05, 0.1) is 29.6 Å². The first kappa shape index (κ1) is 22.6. The normalized spacial score (nSPS) is 11.3. The number of aromatic nitrogens is 2. The van der Waals surface area contributed by atoms with Crippen LogP contribution in [0.3, 0.4) is 0 Å². The first-order chi connectivity index (χ1) is 14.8. The molecule has 0 N–H and O–H groups in total. The molecule has 7 heteroatoms. The smallest absolute Gasteiger partial charge is 0.309 e. The van der Waals surface area contributed by atoms with E-state index in [2.05, 4.69) is 11.6 Å². The maximum absolute atomic E-state index is 13.4. The van der Waals surface area contributed by atoms with E-state index in [1.807, 2.05) is 51.1 Å². The van der Waals surface area contributed by atoms with Gasteiger partial charge in [0.15, 0.2) is 5.16 Å². The third kappa shape index (κ3) is 5.98. The van der Waals surface area contributed by atoms with E-state index in [1.165, 1.54) is 11.8 Å². The molecule has 0 atom stereocenters. The number of hydrogen-bond acceptors (Lipinski definition) is 6. The minimum Gasteiger partial charge on any atom is -0.493 e. The molecular formula is C24H26N2O4S. The molecule has 0 fully saturated rings. The van der Waals surface area contributed by atoms with Crippen LogP contribution in [0.2, 0.25) is 0 Å². The average molecular weight is 439 g/mol. The van der Waals surface area contributed by atoms with Crippen LogP contribution in [-0.2, 0) is 9.53 Å². The predicted octanol–water partition coefficient (Wildman–Crippen LogP) is 4.77. The van der Waals surface area contributed by atoms with Crippen LogP contribution >= 0.6 is 11.8 Å². The highest BCUT2D eigenvalue weighted by molar-refractivity contribution is 7.99. The van der Waals surface area contributed by atoms with Crippen molar-refractivity contribution in [1.82, 2.24) is 9.55 Å². The molecule has 3 aromatic rings. The molecule has 3 rings (SSSR count). The Morgan fingerprint density at radius 1 is 1.19 bits per heavy atom. The van der Waals surface area contributed by atoms with E-state index in [0.717, 1.165) is 5.69 Å². The van der Waals surface area contributed by atoms with Crippen LogP contribution in [0.15, 0.2) is 71.1 Å². The Hall–Kier alpha value is -3.06. The van der Waals surface area contributed by atoms with Crippen LogP contribution < -0.4 is 10.3 Å². The highest BCUT2D eigenvalue weighted by Crippen LogP contribution is 2.24. The summed E-state index contributed by atoms with van der Waals surface area (Å²) in [5.41, 5.74) is 0.614. The van der Waals surface area contributed by atoms with Gasteiger partial charge in [-0.1, -0.05) is 36.0 Å². The molecular weight excluding hydrogens is 412 g/mol. The Morgan fingerprint density at radius 3 is 2.61 bits per heavy atom. The molecule has 0 unspecified atom stereocenters. The van der Waals surface area contributed by atoms with Crippen molar-refractivity contribution in [2.45, 2.75) is 37.9 Å². The van der Waals surface area contributed by atoms with Crippen LogP contribution in [0.4, 0.5) is 0 Å². The fourth-order valence-electron chi connectivity index (χ4n) is 2.91. The Bertz CT molecular complexity index is 1130. The second kappa shape index (κ2) is 9.83. The second-order valence-electron chi connectivity index (χ2n) is 7.83. The quantitative estimate of drug-likeness (QED) is 0.218. The maximum Gasteiger partial charge on any atom is 0.309 e. The maximum atomic E-state index is 13.4. The van der Waals surface area contributed by atoms with Crippen molar-refractivity contribution in [1.29, 1.82) is 0 Å². The van der Waals surface area contributed by atoms with E-state index < -0.39 is 5.60 Å². The topological polar surface area (TPSA) is 70.4 Å². The van der Waals surface area contributed by atoms with Gasteiger partial charge in [-0.3, -0.25) is 14.2 Å². The van der Waals surface area contributed by atoms with Crippen molar-refractivity contribution in [3.05, 3.63) is 71.5 Å². The molecule has 0 aliphatic heterocycles. The molecule has 0 amide bonds. The van der Waals surface area contributed by atoms with Crippen molar-refractivity contribution in [3.8, 4) is 11.4 Å². The summed E-state index contributed by atoms with van der Waals surface area (Å²) in [5, 5.41) is 1.05. The number of hydrogen-bond donors (Lipinski definition) is 0. The highest BCUT2D eigenvalue weighted by Gasteiger charge is 2.17. The molecule has 1 aromatic heterocycles.